The van der Waals surface area contributed by atoms with E-state index in [1.165, 1.54) is 0 Å². The predicted molar refractivity (Wildman–Crippen MR) is 66.7 cm³/mol. The molecule has 1 atom stereocenters. The van der Waals surface area contributed by atoms with Gasteiger partial charge in [-0.05, 0) is 33.8 Å². The minimum absolute atomic E-state index is 0.404. The van der Waals surface area contributed by atoms with Gasteiger partial charge in [-0.1, -0.05) is 0 Å². The van der Waals surface area contributed by atoms with Gasteiger partial charge in [-0.15, -0.1) is 0 Å². The summed E-state index contributed by atoms with van der Waals surface area (Å²) in [6.07, 6.45) is -1.65. The third-order valence-corrected chi connectivity index (χ3v) is 4.25. The first-order chi connectivity index (χ1) is 9.92. The number of hydrogen-bond donors (Lipinski definition) is 1. The smallest absolute Gasteiger partial charge is 0.379 e. The van der Waals surface area contributed by atoms with Crippen LogP contribution in [0.1, 0.15) is 34.1 Å². The van der Waals surface area contributed by atoms with E-state index in [9.17, 15) is 36.2 Å². The summed E-state index contributed by atoms with van der Waals surface area (Å²) >= 11 is 0. The molecule has 1 fully saturated rings. The molecule has 0 aromatic carbocycles. The fraction of sp³-hybridized carbons (Fsp3) is 0.786. The van der Waals surface area contributed by atoms with Gasteiger partial charge in [-0.3, -0.25) is 4.79 Å². The molecule has 0 bridgehead atoms. The summed E-state index contributed by atoms with van der Waals surface area (Å²) in [6, 6.07) is 0. The van der Waals surface area contributed by atoms with Crippen LogP contribution in [0.25, 0.3) is 0 Å². The molecule has 0 aromatic heterocycles. The van der Waals surface area contributed by atoms with Crippen LogP contribution in [-0.4, -0.2) is 45.5 Å². The average molecular weight is 346 g/mol. The second-order valence-electron chi connectivity index (χ2n) is 6.93. The van der Waals surface area contributed by atoms with Gasteiger partial charge in [0.2, 0.25) is 0 Å². The number of carbonyl (C=O) groups is 1. The van der Waals surface area contributed by atoms with Crippen LogP contribution in [0.2, 0.25) is 0 Å². The summed E-state index contributed by atoms with van der Waals surface area (Å²) in [6.45, 7) is 3.92. The quantitative estimate of drug-likeness (QED) is 0.586. The molecular weight excluding hydrogens is 330 g/mol. The molecule has 0 aromatic rings. The Hall–Kier alpha value is -1.09. The van der Waals surface area contributed by atoms with Crippen molar-refractivity contribution in [1.82, 2.24) is 0 Å². The van der Waals surface area contributed by atoms with E-state index in [1.54, 1.807) is 0 Å². The lowest BCUT2D eigenvalue weighted by molar-refractivity contribution is -0.355. The molecule has 1 heterocycles. The SMILES string of the molecule is CC(C)(O)C1=CC(F)(F)C(F)(F)C(F)(F)C12CC(=O)C(C)(C)O2. The van der Waals surface area contributed by atoms with Crippen LogP contribution in [0, 0.1) is 0 Å². The van der Waals surface area contributed by atoms with Crippen LogP contribution in [0.4, 0.5) is 26.3 Å². The third kappa shape index (κ3) is 2.08. The van der Waals surface area contributed by atoms with Crippen molar-refractivity contribution in [3.8, 4) is 0 Å². The van der Waals surface area contributed by atoms with Gasteiger partial charge in [0, 0.05) is 12.0 Å². The minimum atomic E-state index is -5.78. The second-order valence-corrected chi connectivity index (χ2v) is 6.93. The number of allylic oxidation sites excluding steroid dienone is 1. The van der Waals surface area contributed by atoms with Crippen molar-refractivity contribution < 1.29 is 41.0 Å². The molecule has 2 aliphatic rings. The summed E-state index contributed by atoms with van der Waals surface area (Å²) in [5, 5.41) is 9.99. The Morgan fingerprint density at radius 1 is 1.09 bits per heavy atom. The fourth-order valence-corrected chi connectivity index (χ4v) is 2.98. The van der Waals surface area contributed by atoms with E-state index in [-0.39, 0.29) is 0 Å². The van der Waals surface area contributed by atoms with Crippen molar-refractivity contribution >= 4 is 5.78 Å². The molecule has 3 nitrogen and oxygen atoms in total. The number of aliphatic hydroxyl groups is 1. The lowest BCUT2D eigenvalue weighted by atomic mass is 9.69. The summed E-state index contributed by atoms with van der Waals surface area (Å²) in [5.74, 6) is -17.4. The zero-order valence-electron chi connectivity index (χ0n) is 12.8. The van der Waals surface area contributed by atoms with E-state index in [2.05, 4.69) is 0 Å². The molecule has 1 aliphatic carbocycles. The predicted octanol–water partition coefficient (Wildman–Crippen LogP) is 3.11. The lowest BCUT2D eigenvalue weighted by Gasteiger charge is -2.50. The molecule has 0 radical (unpaired) electrons. The van der Waals surface area contributed by atoms with Crippen LogP contribution in [-0.2, 0) is 9.53 Å². The Morgan fingerprint density at radius 2 is 1.57 bits per heavy atom. The first-order valence-corrected chi connectivity index (χ1v) is 6.75. The molecule has 1 saturated heterocycles. The largest absolute Gasteiger partial charge is 0.386 e. The molecule has 23 heavy (non-hydrogen) atoms. The van der Waals surface area contributed by atoms with Gasteiger partial charge in [0.15, 0.2) is 11.4 Å². The van der Waals surface area contributed by atoms with Gasteiger partial charge in [0.1, 0.15) is 5.60 Å². The molecule has 1 unspecified atom stereocenters. The van der Waals surface area contributed by atoms with Gasteiger partial charge in [0.05, 0.1) is 5.60 Å². The monoisotopic (exact) mass is 346 g/mol. The maximum absolute atomic E-state index is 14.5. The van der Waals surface area contributed by atoms with Crippen molar-refractivity contribution in [1.29, 1.82) is 0 Å². The highest BCUT2D eigenvalue weighted by Gasteiger charge is 2.85. The average Bonchev–Trinajstić information content (AvgIpc) is 2.55. The number of alkyl halides is 6. The topological polar surface area (TPSA) is 46.5 Å². The number of Topliss-reactive ketones (excluding diaryl/α,β-unsaturated/α-hetero) is 1. The highest BCUT2D eigenvalue weighted by Crippen LogP contribution is 2.63. The van der Waals surface area contributed by atoms with Gasteiger partial charge in [0.25, 0.3) is 0 Å². The van der Waals surface area contributed by atoms with Gasteiger partial charge in [-0.25, -0.2) is 0 Å². The van der Waals surface area contributed by atoms with Crippen molar-refractivity contribution in [2.75, 3.05) is 0 Å². The van der Waals surface area contributed by atoms with Crippen LogP contribution >= 0.6 is 0 Å². The van der Waals surface area contributed by atoms with Gasteiger partial charge < -0.3 is 9.84 Å². The molecule has 1 N–H and O–H groups in total. The van der Waals surface area contributed by atoms with Crippen molar-refractivity contribution in [3.05, 3.63) is 11.6 Å². The number of halogens is 6. The van der Waals surface area contributed by atoms with Crippen molar-refractivity contribution in [2.24, 2.45) is 0 Å². The Morgan fingerprint density at radius 3 is 1.91 bits per heavy atom. The maximum Gasteiger partial charge on any atom is 0.379 e. The fourth-order valence-electron chi connectivity index (χ4n) is 2.98. The van der Waals surface area contributed by atoms with E-state index in [0.717, 1.165) is 27.7 Å². The van der Waals surface area contributed by atoms with E-state index in [4.69, 9.17) is 4.74 Å². The molecule has 1 spiro atoms. The Bertz CT molecular complexity index is 588. The molecule has 0 saturated carbocycles. The Kier molecular flexibility index (Phi) is 3.41. The van der Waals surface area contributed by atoms with Crippen LogP contribution in [0.5, 0.6) is 0 Å². The lowest BCUT2D eigenvalue weighted by Crippen LogP contribution is -2.70. The zero-order valence-corrected chi connectivity index (χ0v) is 12.8. The highest BCUT2D eigenvalue weighted by molar-refractivity contribution is 5.90. The molecule has 1 aliphatic heterocycles. The van der Waals surface area contributed by atoms with Crippen molar-refractivity contribution in [2.45, 2.75) is 68.7 Å². The molecule has 2 rings (SSSR count). The Labute approximate surface area is 128 Å². The molecule has 132 valence electrons. The first-order valence-electron chi connectivity index (χ1n) is 6.75. The highest BCUT2D eigenvalue weighted by atomic mass is 19.3. The molecular formula is C14H16F6O3. The van der Waals surface area contributed by atoms with E-state index in [0.29, 0.717) is 0 Å². The summed E-state index contributed by atoms with van der Waals surface area (Å²) in [7, 11) is 0. The number of ether oxygens (including phenoxy) is 1. The summed E-state index contributed by atoms with van der Waals surface area (Å²) in [5.41, 5.74) is -8.68. The summed E-state index contributed by atoms with van der Waals surface area (Å²) in [4.78, 5) is 11.9. The van der Waals surface area contributed by atoms with Crippen LogP contribution in [0.15, 0.2) is 11.6 Å². The maximum atomic E-state index is 14.5. The van der Waals surface area contributed by atoms with E-state index >= 15 is 0 Å². The standard InChI is InChI=1S/C14H16F6O3/c1-9(2,22)7-5-12(15,16)14(19,20)13(17,18)11(7)6-8(21)10(3,4)23-11/h5,22H,6H2,1-4H3. The number of carbonyl (C=O) groups excluding carboxylic acids is 1. The van der Waals surface area contributed by atoms with Crippen LogP contribution < -0.4 is 0 Å². The number of rotatable bonds is 1. The Balaban J connectivity index is 2.84. The normalized spacial score (nSPS) is 34.6. The minimum Gasteiger partial charge on any atom is -0.386 e. The first kappa shape index (κ1) is 18.3. The van der Waals surface area contributed by atoms with Crippen molar-refractivity contribution in [3.63, 3.8) is 0 Å². The molecule has 9 heteroatoms. The van der Waals surface area contributed by atoms with Gasteiger partial charge in [-0.2, -0.15) is 26.3 Å². The second kappa shape index (κ2) is 4.30. The zero-order chi connectivity index (χ0) is 18.3. The van der Waals surface area contributed by atoms with E-state index in [1.807, 2.05) is 0 Å². The third-order valence-electron chi connectivity index (χ3n) is 4.25. The van der Waals surface area contributed by atoms with E-state index < -0.39 is 58.4 Å². The molecule has 0 amide bonds. The number of hydrogen-bond acceptors (Lipinski definition) is 3. The van der Waals surface area contributed by atoms with Crippen LogP contribution in [0.3, 0.4) is 0 Å². The summed E-state index contributed by atoms with van der Waals surface area (Å²) < 4.78 is 88.7. The number of ketones is 1. The van der Waals surface area contributed by atoms with Gasteiger partial charge >= 0.3 is 17.8 Å².